The van der Waals surface area contributed by atoms with Gasteiger partial charge >= 0.3 is 12.2 Å². The number of hydrogen-bond donors (Lipinski definition) is 2. The maximum absolute atomic E-state index is 14.7. The zero-order chi connectivity index (χ0) is 56.6. The second-order valence-electron chi connectivity index (χ2n) is 22.9. The average molecular weight is 1130 g/mol. The number of ether oxygens (including phenoxy) is 5. The van der Waals surface area contributed by atoms with Crippen LogP contribution >= 0.6 is 23.5 Å². The summed E-state index contributed by atoms with van der Waals surface area (Å²) in [6, 6.07) is 3.16. The highest BCUT2D eigenvalue weighted by Gasteiger charge is 2.48. The molecule has 6 aliphatic rings. The lowest BCUT2D eigenvalue weighted by Gasteiger charge is -2.41. The highest BCUT2D eigenvalue weighted by molar-refractivity contribution is 7.99. The van der Waals surface area contributed by atoms with Crippen molar-refractivity contribution in [3.8, 4) is 23.0 Å². The molecule has 6 aliphatic heterocycles. The van der Waals surface area contributed by atoms with E-state index in [4.69, 9.17) is 23.7 Å². The second kappa shape index (κ2) is 26.4. The first-order valence-corrected chi connectivity index (χ1v) is 30.6. The van der Waals surface area contributed by atoms with Gasteiger partial charge in [0, 0.05) is 97.3 Å². The molecule has 0 aliphatic carbocycles. The molecule has 1 unspecified atom stereocenters. The van der Waals surface area contributed by atoms with E-state index in [2.05, 4.69) is 65.8 Å². The molecule has 5 atom stereocenters. The minimum atomic E-state index is -1.04. The molecular formula is C61H82N4O12S2. The molecule has 4 amide bonds. The second-order valence-corrected chi connectivity index (χ2v) is 25.4. The van der Waals surface area contributed by atoms with E-state index in [0.717, 1.165) is 48.7 Å². The van der Waals surface area contributed by atoms with Crippen LogP contribution in [0.5, 0.6) is 23.0 Å². The van der Waals surface area contributed by atoms with Gasteiger partial charge in [-0.05, 0) is 125 Å². The summed E-state index contributed by atoms with van der Waals surface area (Å²) in [7, 11) is 0. The van der Waals surface area contributed by atoms with Crippen LogP contribution in [0.3, 0.4) is 0 Å². The van der Waals surface area contributed by atoms with Crippen LogP contribution in [-0.4, -0.2) is 146 Å². The molecule has 2 fully saturated rings. The molecule has 79 heavy (non-hydrogen) atoms. The fraction of sp³-hybridized carbons (Fsp3) is 0.590. The summed E-state index contributed by atoms with van der Waals surface area (Å²) >= 11 is 3.53. The molecule has 2 aromatic carbocycles. The molecule has 2 N–H and O–H groups in total. The SMILES string of the molecule is CC(C)=CCC/C(C)=C/CC[C@@]1(C)Oc2c(c(OC(=O)N3CCSCC3)cc3c2CN(CCCC(OC=O)N2Cc4c(cc(OC(=O)N5CCSCC5)c5c4O[C@](C)(CC/C=C(\C)CCC=C(C)C)[C@@H](O)C5)C2=O)C3=O)C[C@@H]1O. The monoisotopic (exact) mass is 1130 g/mol. The molecule has 430 valence electrons. The number of rotatable bonds is 21. The zero-order valence-corrected chi connectivity index (χ0v) is 49.3. The highest BCUT2D eigenvalue weighted by atomic mass is 32.2. The van der Waals surface area contributed by atoms with Crippen molar-refractivity contribution in [2.24, 2.45) is 0 Å². The fourth-order valence-electron chi connectivity index (χ4n) is 11.3. The maximum atomic E-state index is 14.7. The molecule has 18 heteroatoms. The third-order valence-corrected chi connectivity index (χ3v) is 18.2. The molecule has 0 spiro atoms. The third kappa shape index (κ3) is 14.2. The van der Waals surface area contributed by atoms with Crippen LogP contribution in [0.4, 0.5) is 9.59 Å². The Morgan fingerprint density at radius 1 is 0.671 bits per heavy atom. The van der Waals surface area contributed by atoms with Crippen LogP contribution in [0, 0.1) is 0 Å². The largest absolute Gasteiger partial charge is 0.484 e. The Morgan fingerprint density at radius 3 is 1.58 bits per heavy atom. The first-order chi connectivity index (χ1) is 37.8. The van der Waals surface area contributed by atoms with Crippen molar-refractivity contribution in [3.63, 3.8) is 0 Å². The van der Waals surface area contributed by atoms with E-state index < -0.39 is 47.7 Å². The van der Waals surface area contributed by atoms with Gasteiger partial charge in [0.05, 0.1) is 36.4 Å². The number of benzene rings is 2. The van der Waals surface area contributed by atoms with Gasteiger partial charge in [0.1, 0.15) is 34.2 Å². The van der Waals surface area contributed by atoms with Gasteiger partial charge in [0.25, 0.3) is 18.3 Å². The minimum Gasteiger partial charge on any atom is -0.484 e. The Hall–Kier alpha value is -5.43. The molecule has 16 nitrogen and oxygen atoms in total. The number of carbonyl (C=O) groups is 5. The van der Waals surface area contributed by atoms with Gasteiger partial charge in [0.15, 0.2) is 6.23 Å². The summed E-state index contributed by atoms with van der Waals surface area (Å²) in [5, 5.41) is 23.5. The van der Waals surface area contributed by atoms with E-state index in [9.17, 15) is 34.2 Å². The average Bonchev–Trinajstić information content (AvgIpc) is 4.12. The molecule has 8 rings (SSSR count). The van der Waals surface area contributed by atoms with Crippen LogP contribution in [0.1, 0.15) is 163 Å². The molecular weight excluding hydrogens is 1040 g/mol. The van der Waals surface area contributed by atoms with Crippen molar-refractivity contribution in [1.82, 2.24) is 19.6 Å². The van der Waals surface area contributed by atoms with Crippen molar-refractivity contribution in [3.05, 3.63) is 92.1 Å². The van der Waals surface area contributed by atoms with E-state index in [1.165, 1.54) is 27.2 Å². The minimum absolute atomic E-state index is 0.0212. The van der Waals surface area contributed by atoms with Gasteiger partial charge in [-0.1, -0.05) is 46.6 Å². The number of hydrogen-bond acceptors (Lipinski definition) is 14. The lowest BCUT2D eigenvalue weighted by molar-refractivity contribution is -0.141. The van der Waals surface area contributed by atoms with Gasteiger partial charge in [-0.2, -0.15) is 23.5 Å². The summed E-state index contributed by atoms with van der Waals surface area (Å²) in [6.07, 6.45) is 11.7. The summed E-state index contributed by atoms with van der Waals surface area (Å²) < 4.78 is 31.6. The van der Waals surface area contributed by atoms with Gasteiger partial charge in [0.2, 0.25) is 0 Å². The van der Waals surface area contributed by atoms with Gasteiger partial charge < -0.3 is 48.6 Å². The van der Waals surface area contributed by atoms with Gasteiger partial charge in [-0.25, -0.2) is 9.59 Å². The molecule has 2 saturated heterocycles. The van der Waals surface area contributed by atoms with Crippen molar-refractivity contribution < 1.29 is 57.9 Å². The van der Waals surface area contributed by atoms with Crippen LogP contribution in [0.15, 0.2) is 58.7 Å². The molecule has 0 bridgehead atoms. The summed E-state index contributed by atoms with van der Waals surface area (Å²) in [6.45, 7) is 19.2. The smallest absolute Gasteiger partial charge is 0.415 e. The Kier molecular flexibility index (Phi) is 20.0. The molecule has 0 aromatic heterocycles. The Labute approximate surface area is 475 Å². The van der Waals surface area contributed by atoms with Crippen LogP contribution in [0.25, 0.3) is 0 Å². The van der Waals surface area contributed by atoms with Crippen molar-refractivity contribution >= 4 is 54.0 Å². The zero-order valence-electron chi connectivity index (χ0n) is 47.6. The van der Waals surface area contributed by atoms with Crippen LogP contribution < -0.4 is 18.9 Å². The standard InChI is InChI=1S/C61H82N4O12S2/c1-39(2)14-9-16-41(5)18-11-21-60(7)51(67)34-45-49(74-58(71)62-24-28-78-29-25-62)32-43-47(54(45)76-60)36-64(56(43)69)23-13-20-53(73-38-66)65-37-48-44(57(65)70)33-50(75-59(72)63-26-30-79-31-27-63)46-35-52(68)61(8,77-55(46)48)22-12-19-42(6)17-10-15-40(3)4/h14-15,18-19,32-33,38,51-53,67-68H,9-13,16-17,20-31,34-37H2,1-8H3/b41-18+,42-19+/t51-,52-,53?,60+,61+/m0/s1. The number of carbonyl (C=O) groups excluding carboxylic acids is 5. The predicted octanol–water partition coefficient (Wildman–Crippen LogP) is 10.7. The molecule has 2 aromatic rings. The fourth-order valence-corrected chi connectivity index (χ4v) is 13.1. The molecule has 0 saturated carbocycles. The Balaban J connectivity index is 1.01. The lowest BCUT2D eigenvalue weighted by atomic mass is 9.84. The van der Waals surface area contributed by atoms with Crippen molar-refractivity contribution in [2.75, 3.05) is 55.7 Å². The number of aliphatic hydroxyl groups excluding tert-OH is 2. The van der Waals surface area contributed by atoms with E-state index in [-0.39, 0.29) is 61.9 Å². The number of thioether (sulfide) groups is 2. The van der Waals surface area contributed by atoms with E-state index in [1.807, 2.05) is 13.8 Å². The lowest BCUT2D eigenvalue weighted by Crippen LogP contribution is -2.49. The van der Waals surface area contributed by atoms with E-state index in [1.54, 1.807) is 50.4 Å². The summed E-state index contributed by atoms with van der Waals surface area (Å²) in [5.74, 6) is 3.56. The van der Waals surface area contributed by atoms with Crippen molar-refractivity contribution in [2.45, 2.75) is 175 Å². The first kappa shape index (κ1) is 59.7. The number of fused-ring (bicyclic) bond motifs is 6. The van der Waals surface area contributed by atoms with E-state index >= 15 is 0 Å². The number of aliphatic hydroxyl groups is 2. The molecule has 6 heterocycles. The topological polar surface area (TPSA) is 185 Å². The normalized spacial score (nSPS) is 23.2. The van der Waals surface area contributed by atoms with Gasteiger partial charge in [-0.15, -0.1) is 0 Å². The van der Waals surface area contributed by atoms with E-state index in [0.29, 0.717) is 104 Å². The van der Waals surface area contributed by atoms with Crippen LogP contribution in [-0.2, 0) is 35.5 Å². The summed E-state index contributed by atoms with van der Waals surface area (Å²) in [4.78, 5) is 75.1. The number of allylic oxidation sites excluding steroid dienone is 8. The predicted molar refractivity (Wildman–Crippen MR) is 308 cm³/mol. The summed E-state index contributed by atoms with van der Waals surface area (Å²) in [5.41, 5.74) is 5.83. The maximum Gasteiger partial charge on any atom is 0.415 e. The van der Waals surface area contributed by atoms with Crippen LogP contribution in [0.2, 0.25) is 0 Å². The number of amides is 4. The first-order valence-electron chi connectivity index (χ1n) is 28.3. The Morgan fingerprint density at radius 2 is 1.13 bits per heavy atom. The quantitative estimate of drug-likeness (QED) is 0.0888. The molecule has 0 radical (unpaired) electrons. The third-order valence-electron chi connectivity index (χ3n) is 16.3. The van der Waals surface area contributed by atoms with Gasteiger partial charge in [-0.3, -0.25) is 19.3 Å². The highest BCUT2D eigenvalue weighted by Crippen LogP contribution is 2.49. The Bertz CT molecular complexity index is 2740. The van der Waals surface area contributed by atoms with Crippen molar-refractivity contribution in [1.29, 1.82) is 0 Å². The number of nitrogens with zero attached hydrogens (tertiary/aromatic N) is 4.